The van der Waals surface area contributed by atoms with Crippen LogP contribution in [-0.4, -0.2) is 92.3 Å². The van der Waals surface area contributed by atoms with E-state index in [9.17, 15) is 35.2 Å². The van der Waals surface area contributed by atoms with Crippen LogP contribution in [0.25, 0.3) is 0 Å². The fraction of sp³-hybridized carbons (Fsp3) is 0.909. The molecular formula is C11H21NO12S3. The standard InChI is InChI=1S/C11H21NO12S3/c1-6(13)12-8-10(24-27(4,19)20)9(23-26(3,17)18)7(22-11(8)14)5-21-25(2,15)16/h7-11,14H,5H2,1-4H3,(H,12,13)/t7?,8?,9-,10-,11+/m0/s1. The average molecular weight is 455 g/mol. The molecule has 0 spiro atoms. The summed E-state index contributed by atoms with van der Waals surface area (Å²) in [5, 5.41) is 12.3. The molecule has 0 aromatic carbocycles. The van der Waals surface area contributed by atoms with Crippen molar-refractivity contribution in [3.63, 3.8) is 0 Å². The van der Waals surface area contributed by atoms with Gasteiger partial charge in [0.15, 0.2) is 6.29 Å². The van der Waals surface area contributed by atoms with E-state index in [1.807, 2.05) is 0 Å². The van der Waals surface area contributed by atoms with Gasteiger partial charge in [0.25, 0.3) is 30.4 Å². The van der Waals surface area contributed by atoms with Gasteiger partial charge in [-0.25, -0.2) is 0 Å². The Labute approximate surface area is 157 Å². The molecule has 5 atom stereocenters. The Morgan fingerprint density at radius 1 is 0.963 bits per heavy atom. The van der Waals surface area contributed by atoms with E-state index in [-0.39, 0.29) is 0 Å². The van der Waals surface area contributed by atoms with Crippen LogP contribution in [-0.2, 0) is 52.4 Å². The molecule has 160 valence electrons. The quantitative estimate of drug-likeness (QED) is 0.351. The first-order valence-corrected chi connectivity index (χ1v) is 12.6. The molecule has 0 saturated carbocycles. The fourth-order valence-corrected chi connectivity index (χ4v) is 3.92. The smallest absolute Gasteiger partial charge is 0.264 e. The third-order valence-electron chi connectivity index (χ3n) is 3.05. The Morgan fingerprint density at radius 2 is 1.44 bits per heavy atom. The second-order valence-corrected chi connectivity index (χ2v) is 10.7. The minimum Gasteiger partial charge on any atom is -0.366 e. The van der Waals surface area contributed by atoms with E-state index < -0.39 is 73.5 Å². The highest BCUT2D eigenvalue weighted by Gasteiger charge is 2.50. The first kappa shape index (κ1) is 24.2. The lowest BCUT2D eigenvalue weighted by atomic mass is 9.97. The van der Waals surface area contributed by atoms with Crippen LogP contribution in [0.1, 0.15) is 6.92 Å². The molecule has 13 nitrogen and oxygen atoms in total. The topological polar surface area (TPSA) is 189 Å². The van der Waals surface area contributed by atoms with E-state index in [2.05, 4.69) is 9.50 Å². The van der Waals surface area contributed by atoms with Crippen molar-refractivity contribution in [1.82, 2.24) is 5.32 Å². The summed E-state index contributed by atoms with van der Waals surface area (Å²) in [6.07, 6.45) is -4.97. The number of aliphatic hydroxyl groups excluding tert-OH is 1. The van der Waals surface area contributed by atoms with E-state index in [0.717, 1.165) is 6.92 Å². The highest BCUT2D eigenvalue weighted by atomic mass is 32.2. The SMILES string of the molecule is CC(=O)NC1[C@H](O)OC(COS(C)(=O)=O)[C@H](OS(C)(=O)=O)[C@H]1OS(C)(=O)=O. The normalized spacial score (nSPS) is 30.0. The fourth-order valence-electron chi connectivity index (χ4n) is 2.27. The zero-order valence-corrected chi connectivity index (χ0v) is 17.2. The van der Waals surface area contributed by atoms with Gasteiger partial charge < -0.3 is 15.2 Å². The lowest BCUT2D eigenvalue weighted by Gasteiger charge is -2.43. The van der Waals surface area contributed by atoms with Crippen molar-refractivity contribution in [3.05, 3.63) is 0 Å². The lowest BCUT2D eigenvalue weighted by molar-refractivity contribution is -0.241. The van der Waals surface area contributed by atoms with Crippen LogP contribution in [0.5, 0.6) is 0 Å². The Balaban J connectivity index is 3.34. The second kappa shape index (κ2) is 8.64. The number of amides is 1. The molecule has 1 saturated heterocycles. The van der Waals surface area contributed by atoms with Crippen LogP contribution < -0.4 is 5.32 Å². The number of carbonyl (C=O) groups excluding carboxylic acids is 1. The molecule has 1 fully saturated rings. The van der Waals surface area contributed by atoms with Gasteiger partial charge in [-0.15, -0.1) is 0 Å². The lowest BCUT2D eigenvalue weighted by Crippen LogP contribution is -2.66. The molecule has 16 heteroatoms. The van der Waals surface area contributed by atoms with Gasteiger partial charge in [-0.05, 0) is 0 Å². The van der Waals surface area contributed by atoms with Gasteiger partial charge in [0.05, 0.1) is 25.4 Å². The zero-order valence-electron chi connectivity index (χ0n) is 14.8. The monoisotopic (exact) mass is 455 g/mol. The van der Waals surface area contributed by atoms with Gasteiger partial charge in [-0.1, -0.05) is 0 Å². The molecule has 2 N–H and O–H groups in total. The maximum atomic E-state index is 11.6. The maximum Gasteiger partial charge on any atom is 0.264 e. The van der Waals surface area contributed by atoms with Crippen LogP contribution in [0, 0.1) is 0 Å². The number of aliphatic hydroxyl groups is 1. The van der Waals surface area contributed by atoms with Crippen molar-refractivity contribution in [3.8, 4) is 0 Å². The Hall–Kier alpha value is -0.880. The van der Waals surface area contributed by atoms with E-state index in [1.165, 1.54) is 0 Å². The number of rotatable bonds is 8. The van der Waals surface area contributed by atoms with Crippen molar-refractivity contribution in [1.29, 1.82) is 0 Å². The van der Waals surface area contributed by atoms with Crippen molar-refractivity contribution < 1.29 is 52.4 Å². The summed E-state index contributed by atoms with van der Waals surface area (Å²) in [6, 6.07) is -1.54. The third-order valence-corrected chi connectivity index (χ3v) is 4.76. The predicted molar refractivity (Wildman–Crippen MR) is 88.7 cm³/mol. The number of hydrogen-bond acceptors (Lipinski definition) is 12. The number of carbonyl (C=O) groups is 1. The first-order chi connectivity index (χ1) is 12.0. The molecule has 1 aliphatic heterocycles. The zero-order chi connectivity index (χ0) is 21.2. The van der Waals surface area contributed by atoms with Crippen LogP contribution in [0.4, 0.5) is 0 Å². The number of hydrogen-bond donors (Lipinski definition) is 2. The van der Waals surface area contributed by atoms with Crippen LogP contribution in [0.3, 0.4) is 0 Å². The molecule has 0 radical (unpaired) electrons. The van der Waals surface area contributed by atoms with Crippen molar-refractivity contribution in [2.45, 2.75) is 37.6 Å². The van der Waals surface area contributed by atoms with Crippen molar-refractivity contribution in [2.75, 3.05) is 25.4 Å². The molecule has 1 aliphatic rings. The summed E-state index contributed by atoms with van der Waals surface area (Å²) in [5.41, 5.74) is 0. The van der Waals surface area contributed by atoms with Gasteiger partial charge in [0.2, 0.25) is 5.91 Å². The summed E-state index contributed by atoms with van der Waals surface area (Å²) in [5.74, 6) is -0.714. The van der Waals surface area contributed by atoms with E-state index in [4.69, 9.17) is 13.1 Å². The summed E-state index contributed by atoms with van der Waals surface area (Å²) < 4.78 is 87.9. The molecule has 27 heavy (non-hydrogen) atoms. The molecule has 2 unspecified atom stereocenters. The Kier molecular flexibility index (Phi) is 7.73. The summed E-state index contributed by atoms with van der Waals surface area (Å²) in [7, 11) is -12.4. The van der Waals surface area contributed by atoms with E-state index >= 15 is 0 Å². The summed E-state index contributed by atoms with van der Waals surface area (Å²) >= 11 is 0. The second-order valence-electron chi connectivity index (χ2n) is 5.81. The largest absolute Gasteiger partial charge is 0.366 e. The van der Waals surface area contributed by atoms with Gasteiger partial charge >= 0.3 is 0 Å². The maximum absolute atomic E-state index is 11.6. The van der Waals surface area contributed by atoms with E-state index in [0.29, 0.717) is 18.8 Å². The Bertz CT molecular complexity index is 849. The molecule has 0 aromatic rings. The molecule has 0 aromatic heterocycles. The third kappa shape index (κ3) is 8.77. The molecule has 1 rings (SSSR count). The summed E-state index contributed by atoms with van der Waals surface area (Å²) in [6.45, 7) is 0.238. The van der Waals surface area contributed by atoms with Crippen LogP contribution in [0.2, 0.25) is 0 Å². The van der Waals surface area contributed by atoms with Gasteiger partial charge in [0.1, 0.15) is 24.4 Å². The average Bonchev–Trinajstić information content (AvgIpc) is 2.40. The summed E-state index contributed by atoms with van der Waals surface area (Å²) in [4.78, 5) is 11.4. The number of nitrogens with one attached hydrogen (secondary N) is 1. The van der Waals surface area contributed by atoms with Crippen LogP contribution in [0.15, 0.2) is 0 Å². The first-order valence-electron chi connectivity index (χ1n) is 7.20. The minimum atomic E-state index is -4.22. The molecular weight excluding hydrogens is 434 g/mol. The highest BCUT2D eigenvalue weighted by Crippen LogP contribution is 2.28. The number of ether oxygens (including phenoxy) is 1. The highest BCUT2D eigenvalue weighted by molar-refractivity contribution is 7.86. The molecule has 1 amide bonds. The minimum absolute atomic E-state index is 0.650. The van der Waals surface area contributed by atoms with Crippen molar-refractivity contribution in [2.24, 2.45) is 0 Å². The molecule has 0 aliphatic carbocycles. The van der Waals surface area contributed by atoms with Gasteiger partial charge in [-0.3, -0.25) is 17.3 Å². The van der Waals surface area contributed by atoms with Crippen molar-refractivity contribution >= 4 is 36.3 Å². The Morgan fingerprint density at radius 3 is 1.85 bits per heavy atom. The molecule has 0 bridgehead atoms. The van der Waals surface area contributed by atoms with Crippen LogP contribution >= 0.6 is 0 Å². The van der Waals surface area contributed by atoms with Gasteiger partial charge in [0, 0.05) is 6.92 Å². The van der Waals surface area contributed by atoms with Gasteiger partial charge in [-0.2, -0.15) is 25.3 Å². The molecule has 1 heterocycles. The van der Waals surface area contributed by atoms with E-state index in [1.54, 1.807) is 0 Å². The predicted octanol–water partition coefficient (Wildman–Crippen LogP) is -3.13.